The second kappa shape index (κ2) is 9.11. The molecule has 3 aromatic rings. The standard InChI is InChI=1S/C23H25Cl2N3O2/c1-13-6-9-20(10-14(13)2)30-17(5)23(29)26-22-15(3)27-28(16(22)4)12-18-7-8-19(24)11-21(18)25/h6-11,17H,12H2,1-5H3,(H,26,29). The van der Waals surface area contributed by atoms with Gasteiger partial charge in [0.15, 0.2) is 6.10 Å². The lowest BCUT2D eigenvalue weighted by Crippen LogP contribution is -2.30. The topological polar surface area (TPSA) is 56.1 Å². The third kappa shape index (κ3) is 4.97. The van der Waals surface area contributed by atoms with E-state index in [2.05, 4.69) is 10.4 Å². The molecule has 0 aliphatic rings. The molecule has 3 rings (SSSR count). The zero-order valence-corrected chi connectivity index (χ0v) is 19.2. The molecule has 7 heteroatoms. The van der Waals surface area contributed by atoms with Crippen molar-refractivity contribution in [3.8, 4) is 5.75 Å². The molecule has 2 aromatic carbocycles. The normalized spacial score (nSPS) is 12.0. The van der Waals surface area contributed by atoms with Gasteiger partial charge in [0.1, 0.15) is 5.75 Å². The maximum Gasteiger partial charge on any atom is 0.265 e. The SMILES string of the molecule is Cc1ccc(OC(C)C(=O)Nc2c(C)nn(Cc3ccc(Cl)cc3Cl)c2C)cc1C. The number of ether oxygens (including phenoxy) is 1. The van der Waals surface area contributed by atoms with Gasteiger partial charge in [0.05, 0.1) is 23.6 Å². The Morgan fingerprint density at radius 2 is 1.83 bits per heavy atom. The summed E-state index contributed by atoms with van der Waals surface area (Å²) in [5, 5.41) is 8.67. The van der Waals surface area contributed by atoms with Crippen molar-refractivity contribution in [2.75, 3.05) is 5.32 Å². The number of benzene rings is 2. The lowest BCUT2D eigenvalue weighted by Gasteiger charge is -2.16. The van der Waals surface area contributed by atoms with E-state index >= 15 is 0 Å². The molecule has 0 bridgehead atoms. The van der Waals surface area contributed by atoms with E-state index in [1.807, 2.05) is 56.6 Å². The third-order valence-electron chi connectivity index (χ3n) is 5.13. The first-order chi connectivity index (χ1) is 14.2. The molecule has 0 fully saturated rings. The molecule has 1 atom stereocenters. The number of aryl methyl sites for hydroxylation is 3. The summed E-state index contributed by atoms with van der Waals surface area (Å²) in [4.78, 5) is 12.7. The van der Waals surface area contributed by atoms with Gasteiger partial charge < -0.3 is 10.1 Å². The minimum atomic E-state index is -0.653. The van der Waals surface area contributed by atoms with Gasteiger partial charge in [-0.15, -0.1) is 0 Å². The summed E-state index contributed by atoms with van der Waals surface area (Å²) in [6, 6.07) is 11.2. The molecule has 0 aliphatic carbocycles. The summed E-state index contributed by atoms with van der Waals surface area (Å²) >= 11 is 12.3. The summed E-state index contributed by atoms with van der Waals surface area (Å²) in [6.45, 7) is 10.0. The monoisotopic (exact) mass is 445 g/mol. The van der Waals surface area contributed by atoms with Crippen molar-refractivity contribution < 1.29 is 9.53 Å². The summed E-state index contributed by atoms with van der Waals surface area (Å²) in [7, 11) is 0. The van der Waals surface area contributed by atoms with Crippen molar-refractivity contribution in [1.29, 1.82) is 0 Å². The fourth-order valence-corrected chi connectivity index (χ4v) is 3.58. The zero-order valence-electron chi connectivity index (χ0n) is 17.7. The van der Waals surface area contributed by atoms with Gasteiger partial charge in [0, 0.05) is 10.0 Å². The first kappa shape index (κ1) is 22.2. The molecule has 1 unspecified atom stereocenters. The molecule has 1 N–H and O–H groups in total. The van der Waals surface area contributed by atoms with E-state index in [0.717, 1.165) is 22.5 Å². The number of anilines is 1. The fourth-order valence-electron chi connectivity index (χ4n) is 3.11. The summed E-state index contributed by atoms with van der Waals surface area (Å²) in [5.74, 6) is 0.436. The number of rotatable bonds is 6. The van der Waals surface area contributed by atoms with E-state index in [0.29, 0.717) is 28.0 Å². The summed E-state index contributed by atoms with van der Waals surface area (Å²) in [5.41, 5.74) is 5.44. The van der Waals surface area contributed by atoms with Crippen molar-refractivity contribution in [2.24, 2.45) is 0 Å². The van der Waals surface area contributed by atoms with Gasteiger partial charge >= 0.3 is 0 Å². The molecular formula is C23H25Cl2N3O2. The number of amides is 1. The molecular weight excluding hydrogens is 421 g/mol. The quantitative estimate of drug-likeness (QED) is 0.515. The average molecular weight is 446 g/mol. The Morgan fingerprint density at radius 3 is 2.50 bits per heavy atom. The van der Waals surface area contributed by atoms with Gasteiger partial charge in [-0.1, -0.05) is 35.3 Å². The number of aromatic nitrogens is 2. The van der Waals surface area contributed by atoms with Crippen LogP contribution in [0.1, 0.15) is 35.0 Å². The largest absolute Gasteiger partial charge is 0.481 e. The molecule has 5 nitrogen and oxygen atoms in total. The van der Waals surface area contributed by atoms with Crippen LogP contribution in [0.25, 0.3) is 0 Å². The predicted molar refractivity (Wildman–Crippen MR) is 122 cm³/mol. The van der Waals surface area contributed by atoms with Crippen molar-refractivity contribution in [3.05, 3.63) is 74.5 Å². The highest BCUT2D eigenvalue weighted by Crippen LogP contribution is 2.25. The average Bonchev–Trinajstić information content (AvgIpc) is 2.94. The van der Waals surface area contributed by atoms with Crippen LogP contribution in [0.4, 0.5) is 5.69 Å². The van der Waals surface area contributed by atoms with Crippen molar-refractivity contribution in [2.45, 2.75) is 47.3 Å². The van der Waals surface area contributed by atoms with Gasteiger partial charge in [-0.05, 0) is 75.6 Å². The van der Waals surface area contributed by atoms with Gasteiger partial charge in [0.2, 0.25) is 0 Å². The minimum Gasteiger partial charge on any atom is -0.481 e. The minimum absolute atomic E-state index is 0.233. The first-order valence-corrected chi connectivity index (χ1v) is 10.4. The maximum absolute atomic E-state index is 12.7. The Kier molecular flexibility index (Phi) is 6.74. The first-order valence-electron chi connectivity index (χ1n) is 9.68. The Balaban J connectivity index is 1.72. The lowest BCUT2D eigenvalue weighted by molar-refractivity contribution is -0.122. The van der Waals surface area contributed by atoms with Crippen LogP contribution in [0, 0.1) is 27.7 Å². The maximum atomic E-state index is 12.7. The molecule has 30 heavy (non-hydrogen) atoms. The number of hydrogen-bond acceptors (Lipinski definition) is 3. The van der Waals surface area contributed by atoms with Crippen LogP contribution in [0.2, 0.25) is 10.0 Å². The van der Waals surface area contributed by atoms with E-state index in [9.17, 15) is 4.79 Å². The highest BCUT2D eigenvalue weighted by Gasteiger charge is 2.20. The number of carbonyl (C=O) groups is 1. The van der Waals surface area contributed by atoms with Gasteiger partial charge in [0.25, 0.3) is 5.91 Å². The molecule has 0 spiro atoms. The summed E-state index contributed by atoms with van der Waals surface area (Å²) in [6.07, 6.45) is -0.653. The van der Waals surface area contributed by atoms with Crippen LogP contribution in [-0.4, -0.2) is 21.8 Å². The van der Waals surface area contributed by atoms with Crippen LogP contribution in [0.15, 0.2) is 36.4 Å². The highest BCUT2D eigenvalue weighted by atomic mass is 35.5. The van der Waals surface area contributed by atoms with Crippen LogP contribution >= 0.6 is 23.2 Å². The van der Waals surface area contributed by atoms with E-state index in [1.54, 1.807) is 19.1 Å². The highest BCUT2D eigenvalue weighted by molar-refractivity contribution is 6.35. The smallest absolute Gasteiger partial charge is 0.265 e. The second-order valence-corrected chi connectivity index (χ2v) is 8.28. The van der Waals surface area contributed by atoms with E-state index in [1.165, 1.54) is 5.56 Å². The number of carbonyl (C=O) groups excluding carboxylic acids is 1. The fraction of sp³-hybridized carbons (Fsp3) is 0.304. The van der Waals surface area contributed by atoms with Crippen molar-refractivity contribution in [3.63, 3.8) is 0 Å². The molecule has 1 heterocycles. The molecule has 0 radical (unpaired) electrons. The number of halogens is 2. The van der Waals surface area contributed by atoms with Crippen molar-refractivity contribution in [1.82, 2.24) is 9.78 Å². The Morgan fingerprint density at radius 1 is 1.10 bits per heavy atom. The van der Waals surface area contributed by atoms with E-state index < -0.39 is 6.10 Å². The molecule has 0 aliphatic heterocycles. The van der Waals surface area contributed by atoms with Crippen LogP contribution in [0.5, 0.6) is 5.75 Å². The number of nitrogens with one attached hydrogen (secondary N) is 1. The van der Waals surface area contributed by atoms with Gasteiger partial charge in [-0.25, -0.2) is 0 Å². The van der Waals surface area contributed by atoms with E-state index in [-0.39, 0.29) is 5.91 Å². The Labute approximate surface area is 187 Å². The Bertz CT molecular complexity index is 1090. The summed E-state index contributed by atoms with van der Waals surface area (Å²) < 4.78 is 7.64. The zero-order chi connectivity index (χ0) is 22.0. The molecule has 0 saturated carbocycles. The third-order valence-corrected chi connectivity index (χ3v) is 5.71. The van der Waals surface area contributed by atoms with Crippen molar-refractivity contribution >= 4 is 34.8 Å². The second-order valence-electron chi connectivity index (χ2n) is 7.43. The molecule has 0 saturated heterocycles. The molecule has 158 valence electrons. The van der Waals surface area contributed by atoms with Crippen LogP contribution in [-0.2, 0) is 11.3 Å². The Hall–Kier alpha value is -2.50. The molecule has 1 amide bonds. The predicted octanol–water partition coefficient (Wildman–Crippen LogP) is 5.88. The van der Waals surface area contributed by atoms with Crippen LogP contribution in [0.3, 0.4) is 0 Å². The lowest BCUT2D eigenvalue weighted by atomic mass is 10.1. The number of nitrogens with zero attached hydrogens (tertiary/aromatic N) is 2. The molecule has 1 aromatic heterocycles. The van der Waals surface area contributed by atoms with Gasteiger partial charge in [-0.2, -0.15) is 5.10 Å². The van der Waals surface area contributed by atoms with Gasteiger partial charge in [-0.3, -0.25) is 9.48 Å². The van der Waals surface area contributed by atoms with E-state index in [4.69, 9.17) is 27.9 Å². The van der Waals surface area contributed by atoms with Crippen LogP contribution < -0.4 is 10.1 Å². The number of hydrogen-bond donors (Lipinski definition) is 1.